The number of aromatic amines is 1. The molecule has 1 aliphatic heterocycles. The minimum absolute atomic E-state index is 0.0657. The van der Waals surface area contributed by atoms with Gasteiger partial charge in [0.1, 0.15) is 0 Å². The lowest BCUT2D eigenvalue weighted by molar-refractivity contribution is 0.0761. The molecule has 1 aliphatic rings. The average Bonchev–Trinajstić information content (AvgIpc) is 3.03. The summed E-state index contributed by atoms with van der Waals surface area (Å²) in [5.41, 5.74) is 5.22. The van der Waals surface area contributed by atoms with Crippen LogP contribution in [0, 0.1) is 6.92 Å². The number of hydrogen-bond donors (Lipinski definition) is 1. The Hall–Kier alpha value is -2.26. The molecule has 2 aromatic carbocycles. The van der Waals surface area contributed by atoms with Crippen molar-refractivity contribution in [2.24, 2.45) is 0 Å². The van der Waals surface area contributed by atoms with Gasteiger partial charge in [0.2, 0.25) is 0 Å². The van der Waals surface area contributed by atoms with Gasteiger partial charge >= 0.3 is 0 Å². The first kappa shape index (κ1) is 14.3. The summed E-state index contributed by atoms with van der Waals surface area (Å²) in [6.07, 6.45) is 0. The maximum Gasteiger partial charge on any atom is 0.255 e. The van der Waals surface area contributed by atoms with E-state index >= 15 is 0 Å². The highest BCUT2D eigenvalue weighted by atomic mass is 35.5. The number of benzene rings is 2. The van der Waals surface area contributed by atoms with Gasteiger partial charge in [-0.25, -0.2) is 0 Å². The van der Waals surface area contributed by atoms with Crippen molar-refractivity contribution in [3.8, 4) is 0 Å². The molecule has 1 atom stereocenters. The summed E-state index contributed by atoms with van der Waals surface area (Å²) in [6, 6.07) is 16.0. The normalized spacial score (nSPS) is 17.0. The first-order valence-corrected chi connectivity index (χ1v) is 8.29. The maximum atomic E-state index is 12.8. The fourth-order valence-corrected chi connectivity index (χ4v) is 3.84. The first-order chi connectivity index (χ1) is 11.2. The van der Waals surface area contributed by atoms with Gasteiger partial charge in [0, 0.05) is 40.1 Å². The molecule has 1 aromatic heterocycles. The fraction of sp³-hybridized carbons (Fsp3) is 0.211. The van der Waals surface area contributed by atoms with Crippen LogP contribution >= 0.6 is 11.6 Å². The number of fused-ring (bicyclic) bond motifs is 2. The average molecular weight is 325 g/mol. The predicted octanol–water partition coefficient (Wildman–Crippen LogP) is 4.26. The molecule has 3 aromatic rings. The second-order valence-electron chi connectivity index (χ2n) is 5.89. The molecule has 3 nitrogen and oxygen atoms in total. The van der Waals surface area contributed by atoms with Gasteiger partial charge in [-0.15, -0.1) is 11.6 Å². The standard InChI is InChI=1S/C19H17ClN2O/c1-12-17(15-8-4-5-9-16(15)21-12)18-13-6-2-3-7-14(13)19(23)22(18)11-10-20/h2-9,18,21H,10-11H2,1H3/t18-/m1/s1. The molecule has 4 rings (SSSR count). The minimum atomic E-state index is -0.0754. The molecular formula is C19H17ClN2O. The molecule has 0 fully saturated rings. The molecule has 0 bridgehead atoms. The SMILES string of the molecule is Cc1[nH]c2ccccc2c1[C@H]1c2ccccc2C(=O)N1CCCl. The van der Waals surface area contributed by atoms with Gasteiger partial charge in [-0.05, 0) is 24.6 Å². The van der Waals surface area contributed by atoms with Crippen LogP contribution in [-0.4, -0.2) is 28.2 Å². The molecule has 0 unspecified atom stereocenters. The molecule has 2 heterocycles. The van der Waals surface area contributed by atoms with Crippen LogP contribution in [0.25, 0.3) is 10.9 Å². The quantitative estimate of drug-likeness (QED) is 0.718. The van der Waals surface area contributed by atoms with Gasteiger partial charge in [0.25, 0.3) is 5.91 Å². The smallest absolute Gasteiger partial charge is 0.255 e. The molecule has 23 heavy (non-hydrogen) atoms. The largest absolute Gasteiger partial charge is 0.358 e. The Morgan fingerprint density at radius 3 is 2.70 bits per heavy atom. The number of H-pyrrole nitrogens is 1. The predicted molar refractivity (Wildman–Crippen MR) is 93.1 cm³/mol. The highest BCUT2D eigenvalue weighted by Crippen LogP contribution is 2.42. The monoisotopic (exact) mass is 324 g/mol. The Kier molecular flexibility index (Phi) is 3.38. The van der Waals surface area contributed by atoms with E-state index in [1.165, 1.54) is 10.9 Å². The third kappa shape index (κ3) is 2.07. The third-order valence-electron chi connectivity index (χ3n) is 4.60. The Morgan fingerprint density at radius 2 is 1.87 bits per heavy atom. The number of halogens is 1. The van der Waals surface area contributed by atoms with Crippen LogP contribution in [0.5, 0.6) is 0 Å². The molecule has 0 radical (unpaired) electrons. The number of aryl methyl sites for hydroxylation is 1. The summed E-state index contributed by atoms with van der Waals surface area (Å²) in [5, 5.41) is 1.17. The summed E-state index contributed by atoms with van der Waals surface area (Å²) in [4.78, 5) is 18.1. The van der Waals surface area contributed by atoms with E-state index in [0.29, 0.717) is 12.4 Å². The lowest BCUT2D eigenvalue weighted by atomic mass is 9.95. The Bertz CT molecular complexity index is 899. The van der Waals surface area contributed by atoms with Crippen molar-refractivity contribution in [1.82, 2.24) is 9.88 Å². The van der Waals surface area contributed by atoms with Gasteiger partial charge in [-0.3, -0.25) is 4.79 Å². The second-order valence-corrected chi connectivity index (χ2v) is 6.26. The lowest BCUT2D eigenvalue weighted by Gasteiger charge is -2.25. The van der Waals surface area contributed by atoms with Gasteiger partial charge in [0.15, 0.2) is 0 Å². The van der Waals surface area contributed by atoms with Crippen molar-refractivity contribution in [1.29, 1.82) is 0 Å². The number of aromatic nitrogens is 1. The van der Waals surface area contributed by atoms with Crippen molar-refractivity contribution in [3.05, 3.63) is 70.9 Å². The number of carbonyl (C=O) groups excluding carboxylic acids is 1. The van der Waals surface area contributed by atoms with E-state index in [2.05, 4.69) is 24.0 Å². The van der Waals surface area contributed by atoms with E-state index in [9.17, 15) is 4.79 Å². The zero-order valence-corrected chi connectivity index (χ0v) is 13.6. The number of amides is 1. The summed E-state index contributed by atoms with van der Waals surface area (Å²) >= 11 is 5.97. The van der Waals surface area contributed by atoms with E-state index in [1.807, 2.05) is 41.3 Å². The molecule has 0 aliphatic carbocycles. The van der Waals surface area contributed by atoms with Crippen LogP contribution in [0.4, 0.5) is 0 Å². The van der Waals surface area contributed by atoms with Crippen molar-refractivity contribution in [2.45, 2.75) is 13.0 Å². The van der Waals surface area contributed by atoms with Crippen molar-refractivity contribution < 1.29 is 4.79 Å². The molecule has 4 heteroatoms. The van der Waals surface area contributed by atoms with Crippen molar-refractivity contribution in [2.75, 3.05) is 12.4 Å². The summed E-state index contributed by atoms with van der Waals surface area (Å²) in [7, 11) is 0. The van der Waals surface area contributed by atoms with Crippen LogP contribution in [0.3, 0.4) is 0 Å². The zero-order valence-electron chi connectivity index (χ0n) is 12.8. The minimum Gasteiger partial charge on any atom is -0.358 e. The lowest BCUT2D eigenvalue weighted by Crippen LogP contribution is -2.30. The number of alkyl halides is 1. The Morgan fingerprint density at radius 1 is 1.13 bits per heavy atom. The summed E-state index contributed by atoms with van der Waals surface area (Å²) in [5.74, 6) is 0.494. The van der Waals surface area contributed by atoms with Crippen LogP contribution in [0.15, 0.2) is 48.5 Å². The molecule has 0 saturated carbocycles. The van der Waals surface area contributed by atoms with E-state index in [-0.39, 0.29) is 11.9 Å². The molecule has 0 spiro atoms. The maximum absolute atomic E-state index is 12.8. The topological polar surface area (TPSA) is 36.1 Å². The first-order valence-electron chi connectivity index (χ1n) is 7.75. The number of nitrogens with one attached hydrogen (secondary N) is 1. The fourth-order valence-electron chi connectivity index (χ4n) is 3.65. The van der Waals surface area contributed by atoms with E-state index in [0.717, 1.165) is 22.3 Å². The van der Waals surface area contributed by atoms with Crippen LogP contribution in [0.1, 0.15) is 33.2 Å². The number of carbonyl (C=O) groups is 1. The highest BCUT2D eigenvalue weighted by molar-refractivity contribution is 6.18. The highest BCUT2D eigenvalue weighted by Gasteiger charge is 2.38. The summed E-state index contributed by atoms with van der Waals surface area (Å²) < 4.78 is 0. The Labute approximate surface area is 139 Å². The molecular weight excluding hydrogens is 308 g/mol. The van der Waals surface area contributed by atoms with Gasteiger partial charge < -0.3 is 9.88 Å². The number of para-hydroxylation sites is 1. The molecule has 1 N–H and O–H groups in total. The number of hydrogen-bond acceptors (Lipinski definition) is 1. The zero-order chi connectivity index (χ0) is 16.0. The Balaban J connectivity index is 1.97. The van der Waals surface area contributed by atoms with Crippen LogP contribution in [-0.2, 0) is 0 Å². The molecule has 0 saturated heterocycles. The summed E-state index contributed by atoms with van der Waals surface area (Å²) in [6.45, 7) is 2.61. The van der Waals surface area contributed by atoms with Crippen LogP contribution in [0.2, 0.25) is 0 Å². The van der Waals surface area contributed by atoms with Crippen molar-refractivity contribution >= 4 is 28.4 Å². The van der Waals surface area contributed by atoms with Gasteiger partial charge in [0.05, 0.1) is 6.04 Å². The third-order valence-corrected chi connectivity index (χ3v) is 4.77. The van der Waals surface area contributed by atoms with Gasteiger partial charge in [-0.1, -0.05) is 36.4 Å². The molecule has 1 amide bonds. The van der Waals surface area contributed by atoms with Gasteiger partial charge in [-0.2, -0.15) is 0 Å². The van der Waals surface area contributed by atoms with E-state index in [1.54, 1.807) is 0 Å². The van der Waals surface area contributed by atoms with Crippen molar-refractivity contribution in [3.63, 3.8) is 0 Å². The van der Waals surface area contributed by atoms with E-state index < -0.39 is 0 Å². The second kappa shape index (κ2) is 5.43. The number of nitrogens with zero attached hydrogens (tertiary/aromatic N) is 1. The van der Waals surface area contributed by atoms with Crippen LogP contribution < -0.4 is 0 Å². The molecule has 116 valence electrons. The number of rotatable bonds is 3. The van der Waals surface area contributed by atoms with E-state index in [4.69, 9.17) is 11.6 Å².